The lowest BCUT2D eigenvalue weighted by atomic mass is 9.96. The molecule has 7 heteroatoms. The summed E-state index contributed by atoms with van der Waals surface area (Å²) >= 11 is 6.32. The number of nitrogens with one attached hydrogen (secondary N) is 2. The summed E-state index contributed by atoms with van der Waals surface area (Å²) < 4.78 is 1.90. The van der Waals surface area contributed by atoms with Crippen molar-refractivity contribution in [3.63, 3.8) is 0 Å². The van der Waals surface area contributed by atoms with Crippen molar-refractivity contribution in [1.29, 1.82) is 0 Å². The molecular weight excluding hydrogens is 371 g/mol. The van der Waals surface area contributed by atoms with Gasteiger partial charge >= 0.3 is 0 Å². The number of carbonyl (C=O) groups is 1. The number of carbonyl (C=O) groups excluding carboxylic acids is 1. The molecule has 26 heavy (non-hydrogen) atoms. The van der Waals surface area contributed by atoms with Crippen molar-refractivity contribution in [3.05, 3.63) is 52.8 Å². The van der Waals surface area contributed by atoms with Gasteiger partial charge in [0.25, 0.3) is 5.91 Å². The molecule has 0 bridgehead atoms. The van der Waals surface area contributed by atoms with Gasteiger partial charge in [-0.2, -0.15) is 5.10 Å². The van der Waals surface area contributed by atoms with E-state index in [0.717, 1.165) is 31.5 Å². The van der Waals surface area contributed by atoms with Gasteiger partial charge in [-0.25, -0.2) is 0 Å². The van der Waals surface area contributed by atoms with Crippen molar-refractivity contribution in [1.82, 2.24) is 20.4 Å². The molecule has 1 saturated heterocycles. The maximum absolute atomic E-state index is 12.7. The molecule has 1 amide bonds. The Morgan fingerprint density at radius 2 is 2.12 bits per heavy atom. The van der Waals surface area contributed by atoms with Crippen LogP contribution in [0.2, 0.25) is 5.02 Å². The van der Waals surface area contributed by atoms with Crippen LogP contribution in [0.4, 0.5) is 0 Å². The van der Waals surface area contributed by atoms with Gasteiger partial charge in [-0.3, -0.25) is 9.48 Å². The summed E-state index contributed by atoms with van der Waals surface area (Å²) in [5.74, 6) is 0.0506. The molecule has 2 unspecified atom stereocenters. The Bertz CT molecular complexity index is 726. The number of nitrogens with zero attached hydrogens (tertiary/aromatic N) is 2. The van der Waals surface area contributed by atoms with Gasteiger partial charge in [0.1, 0.15) is 5.69 Å². The first-order valence-corrected chi connectivity index (χ1v) is 9.25. The fourth-order valence-corrected chi connectivity index (χ4v) is 3.52. The van der Waals surface area contributed by atoms with E-state index in [4.69, 9.17) is 11.6 Å². The van der Waals surface area contributed by atoms with E-state index in [1.54, 1.807) is 6.07 Å². The van der Waals surface area contributed by atoms with Crippen molar-refractivity contribution < 1.29 is 4.79 Å². The number of aromatic nitrogens is 2. The van der Waals surface area contributed by atoms with Crippen LogP contribution in [0.3, 0.4) is 0 Å². The van der Waals surface area contributed by atoms with E-state index < -0.39 is 0 Å². The second-order valence-corrected chi connectivity index (χ2v) is 7.31. The molecule has 1 aromatic carbocycles. The number of benzene rings is 1. The van der Waals surface area contributed by atoms with Crippen LogP contribution in [0, 0.1) is 5.92 Å². The molecule has 2 N–H and O–H groups in total. The smallest absolute Gasteiger partial charge is 0.272 e. The topological polar surface area (TPSA) is 59.0 Å². The maximum atomic E-state index is 12.7. The summed E-state index contributed by atoms with van der Waals surface area (Å²) in [7, 11) is 0. The lowest BCUT2D eigenvalue weighted by molar-refractivity contribution is 0.0919. The highest BCUT2D eigenvalue weighted by Gasteiger charge is 2.23. The van der Waals surface area contributed by atoms with Gasteiger partial charge in [-0.1, -0.05) is 43.6 Å². The number of rotatable bonds is 5. The number of halogens is 2. The second-order valence-electron chi connectivity index (χ2n) is 6.90. The van der Waals surface area contributed by atoms with E-state index >= 15 is 0 Å². The standard InChI is InChI=1S/C19H25ClN4O.ClH/c1-13(2)18(15-7-3-4-8-16(15)20)22-19(25)17-9-11-24(23-17)14-6-5-10-21-12-14;/h3-4,7-9,11,13-14,18,21H,5-6,10,12H2,1-2H3,(H,22,25);1H. The van der Waals surface area contributed by atoms with Gasteiger partial charge in [-0.05, 0) is 43.0 Å². The van der Waals surface area contributed by atoms with Crippen LogP contribution in [0.5, 0.6) is 0 Å². The fraction of sp³-hybridized carbons (Fsp3) is 0.474. The SMILES string of the molecule is CC(C)C(NC(=O)c1ccn(C2CCCNC2)n1)c1ccccc1Cl.Cl. The summed E-state index contributed by atoms with van der Waals surface area (Å²) in [6, 6.07) is 9.59. The van der Waals surface area contributed by atoms with Gasteiger partial charge < -0.3 is 10.6 Å². The third kappa shape index (κ3) is 4.78. The molecule has 0 aliphatic carbocycles. The molecule has 1 aliphatic rings. The summed E-state index contributed by atoms with van der Waals surface area (Å²) in [5.41, 5.74) is 1.38. The molecule has 3 rings (SSSR count). The highest BCUT2D eigenvalue weighted by molar-refractivity contribution is 6.31. The maximum Gasteiger partial charge on any atom is 0.272 e. The van der Waals surface area contributed by atoms with Crippen molar-refractivity contribution in [2.75, 3.05) is 13.1 Å². The Kier molecular flexibility index (Phi) is 7.50. The van der Waals surface area contributed by atoms with E-state index in [-0.39, 0.29) is 30.3 Å². The van der Waals surface area contributed by atoms with E-state index in [1.807, 2.05) is 35.1 Å². The van der Waals surface area contributed by atoms with Crippen LogP contribution in [-0.4, -0.2) is 28.8 Å². The minimum atomic E-state index is -0.166. The van der Waals surface area contributed by atoms with Crippen molar-refractivity contribution in [2.24, 2.45) is 5.92 Å². The first-order valence-electron chi connectivity index (χ1n) is 8.87. The molecule has 0 spiro atoms. The molecule has 0 saturated carbocycles. The van der Waals surface area contributed by atoms with Crippen LogP contribution in [0.25, 0.3) is 0 Å². The lowest BCUT2D eigenvalue weighted by Crippen LogP contribution is -2.33. The van der Waals surface area contributed by atoms with Crippen LogP contribution in [0.15, 0.2) is 36.5 Å². The lowest BCUT2D eigenvalue weighted by Gasteiger charge is -2.24. The molecule has 142 valence electrons. The predicted octanol–water partition coefficient (Wildman–Crippen LogP) is 4.01. The van der Waals surface area contributed by atoms with E-state index in [9.17, 15) is 4.79 Å². The van der Waals surface area contributed by atoms with Gasteiger partial charge in [0.2, 0.25) is 0 Å². The Balaban J connectivity index is 0.00000243. The molecule has 0 radical (unpaired) electrons. The first kappa shape index (κ1) is 20.7. The second kappa shape index (κ2) is 9.40. The van der Waals surface area contributed by atoms with E-state index in [0.29, 0.717) is 16.8 Å². The minimum Gasteiger partial charge on any atom is -0.344 e. The summed E-state index contributed by atoms with van der Waals surface area (Å²) in [5, 5.41) is 11.6. The van der Waals surface area contributed by atoms with Crippen LogP contribution in [0.1, 0.15) is 54.8 Å². The molecule has 2 atom stereocenters. The molecule has 2 aromatic rings. The van der Waals surface area contributed by atoms with Crippen LogP contribution in [-0.2, 0) is 0 Å². The number of hydrogen-bond donors (Lipinski definition) is 2. The van der Waals surface area contributed by atoms with E-state index in [2.05, 4.69) is 29.6 Å². The summed E-state index contributed by atoms with van der Waals surface area (Å²) in [6.07, 6.45) is 4.12. The van der Waals surface area contributed by atoms with Crippen molar-refractivity contribution in [3.8, 4) is 0 Å². The number of piperidine rings is 1. The minimum absolute atomic E-state index is 0. The van der Waals surface area contributed by atoms with Gasteiger partial charge in [0.05, 0.1) is 12.1 Å². The number of hydrogen-bond acceptors (Lipinski definition) is 3. The normalized spacial score (nSPS) is 18.2. The average molecular weight is 397 g/mol. The zero-order chi connectivity index (χ0) is 17.8. The van der Waals surface area contributed by atoms with Crippen LogP contribution >= 0.6 is 24.0 Å². The molecule has 5 nitrogen and oxygen atoms in total. The van der Waals surface area contributed by atoms with Crippen molar-refractivity contribution in [2.45, 2.75) is 38.8 Å². The zero-order valence-corrected chi connectivity index (χ0v) is 16.7. The Hall–Kier alpha value is -1.56. The highest BCUT2D eigenvalue weighted by atomic mass is 35.5. The Morgan fingerprint density at radius 3 is 2.77 bits per heavy atom. The summed E-state index contributed by atoms with van der Waals surface area (Å²) in [4.78, 5) is 12.7. The first-order chi connectivity index (χ1) is 12.1. The third-order valence-corrected chi connectivity index (χ3v) is 5.02. The fourth-order valence-electron chi connectivity index (χ4n) is 3.27. The zero-order valence-electron chi connectivity index (χ0n) is 15.1. The molecule has 1 fully saturated rings. The third-order valence-electron chi connectivity index (χ3n) is 4.68. The molecular formula is C19H26Cl2N4O. The van der Waals surface area contributed by atoms with Gasteiger partial charge in [0, 0.05) is 17.8 Å². The number of amides is 1. The quantitative estimate of drug-likeness (QED) is 0.802. The Labute approximate surface area is 165 Å². The van der Waals surface area contributed by atoms with Gasteiger partial charge in [-0.15, -0.1) is 12.4 Å². The molecule has 2 heterocycles. The van der Waals surface area contributed by atoms with E-state index in [1.165, 1.54) is 0 Å². The highest BCUT2D eigenvalue weighted by Crippen LogP contribution is 2.28. The molecule has 1 aromatic heterocycles. The average Bonchev–Trinajstić information content (AvgIpc) is 3.11. The Morgan fingerprint density at radius 1 is 1.35 bits per heavy atom. The summed E-state index contributed by atoms with van der Waals surface area (Å²) in [6.45, 7) is 6.09. The monoisotopic (exact) mass is 396 g/mol. The van der Waals surface area contributed by atoms with Crippen LogP contribution < -0.4 is 10.6 Å². The molecule has 1 aliphatic heterocycles. The predicted molar refractivity (Wildman–Crippen MR) is 107 cm³/mol. The largest absolute Gasteiger partial charge is 0.344 e. The van der Waals surface area contributed by atoms with Crippen molar-refractivity contribution >= 4 is 29.9 Å². The van der Waals surface area contributed by atoms with Gasteiger partial charge in [0.15, 0.2) is 0 Å².